The average Bonchev–Trinajstić information content (AvgIpc) is 2.34. The van der Waals surface area contributed by atoms with Crippen molar-refractivity contribution in [3.8, 4) is 0 Å². The molecule has 1 rings (SSSR count). The summed E-state index contributed by atoms with van der Waals surface area (Å²) in [5.41, 5.74) is 1.03. The molecular weight excluding hydrogens is 264 g/mol. The standard InChI is InChI=1S/C15H24O3S/c1-4-5-6-7-8-14(3)18-19(16,17)15-11-9-13(2)10-12-15/h9-12,14H,4-8H2,1-3H3/t14-/m0/s1/i16+2,18+2/t14-,19?. The number of hydrogen-bond acceptors (Lipinski definition) is 3. The van der Waals surface area contributed by atoms with E-state index in [9.17, 15) is 8.42 Å². The first-order chi connectivity index (χ1) is 8.95. The number of unbranched alkanes of at least 4 members (excludes halogenated alkanes) is 3. The highest BCUT2D eigenvalue weighted by atomic mass is 32.3. The maximum absolute atomic E-state index is 12.0. The molecule has 1 aromatic carbocycles. The summed E-state index contributed by atoms with van der Waals surface area (Å²) in [6.07, 6.45) is 5.04. The minimum atomic E-state index is -3.62. The summed E-state index contributed by atoms with van der Waals surface area (Å²) < 4.78 is 29.3. The number of rotatable bonds is 8. The van der Waals surface area contributed by atoms with Gasteiger partial charge in [0.2, 0.25) is 0 Å². The second-order valence-corrected chi connectivity index (χ2v) is 6.60. The van der Waals surface area contributed by atoms with Gasteiger partial charge in [0.1, 0.15) is 0 Å². The summed E-state index contributed by atoms with van der Waals surface area (Å²) in [4.78, 5) is 0.235. The monoisotopic (exact) mass is 288 g/mol. The predicted octanol–water partition coefficient (Wildman–Crippen LogP) is 4.06. The van der Waals surface area contributed by atoms with Gasteiger partial charge in [-0.3, -0.25) is 4.18 Å². The molecule has 0 bridgehead atoms. The zero-order valence-corrected chi connectivity index (χ0v) is 12.9. The van der Waals surface area contributed by atoms with Crippen LogP contribution in [0.2, 0.25) is 0 Å². The first kappa shape index (κ1) is 16.2. The molecule has 4 heteroatoms. The fourth-order valence-electron chi connectivity index (χ4n) is 1.88. The van der Waals surface area contributed by atoms with Crippen LogP contribution in [0.25, 0.3) is 0 Å². The second kappa shape index (κ2) is 7.65. The first-order valence-corrected chi connectivity index (χ1v) is 8.36. The molecule has 19 heavy (non-hydrogen) atoms. The lowest BCUT2D eigenvalue weighted by Gasteiger charge is -2.13. The van der Waals surface area contributed by atoms with E-state index in [4.69, 9.17) is 4.18 Å². The molecule has 0 aliphatic carbocycles. The van der Waals surface area contributed by atoms with Crippen molar-refractivity contribution in [2.75, 3.05) is 0 Å². The molecule has 0 aliphatic heterocycles. The van der Waals surface area contributed by atoms with E-state index >= 15 is 0 Å². The van der Waals surface area contributed by atoms with Gasteiger partial charge in [0.05, 0.1) is 11.0 Å². The van der Waals surface area contributed by atoms with Gasteiger partial charge in [0.15, 0.2) is 0 Å². The van der Waals surface area contributed by atoms with Gasteiger partial charge in [-0.1, -0.05) is 50.3 Å². The van der Waals surface area contributed by atoms with Gasteiger partial charge < -0.3 is 0 Å². The highest BCUT2D eigenvalue weighted by molar-refractivity contribution is 7.86. The molecule has 0 amide bonds. The quantitative estimate of drug-likeness (QED) is 0.411. The summed E-state index contributed by atoms with van der Waals surface area (Å²) in [7, 11) is -3.62. The Balaban J connectivity index is 2.52. The Bertz CT molecular complexity index is 463. The van der Waals surface area contributed by atoms with Crippen LogP contribution in [-0.2, 0) is 14.3 Å². The van der Waals surface area contributed by atoms with E-state index in [0.29, 0.717) is 0 Å². The van der Waals surface area contributed by atoms with Crippen molar-refractivity contribution in [3.63, 3.8) is 0 Å². The molecule has 0 heterocycles. The molecular formula is C15H24O3S. The van der Waals surface area contributed by atoms with Gasteiger partial charge in [-0.05, 0) is 32.4 Å². The first-order valence-electron chi connectivity index (χ1n) is 6.95. The SMILES string of the molecule is CCCCCC[C@H](C)[18O]S(=O)(=[18O])c1ccc(C)cc1. The average molecular weight is 288 g/mol. The van der Waals surface area contributed by atoms with Crippen molar-refractivity contribution in [1.29, 1.82) is 0 Å². The van der Waals surface area contributed by atoms with Crippen molar-refractivity contribution in [2.45, 2.75) is 63.9 Å². The highest BCUT2D eigenvalue weighted by Crippen LogP contribution is 2.17. The molecule has 2 atom stereocenters. The van der Waals surface area contributed by atoms with Gasteiger partial charge >= 0.3 is 0 Å². The van der Waals surface area contributed by atoms with Gasteiger partial charge in [-0.25, -0.2) is 0 Å². The Hall–Kier alpha value is -0.870. The molecule has 108 valence electrons. The molecule has 1 aromatic rings. The van der Waals surface area contributed by atoms with Crippen LogP contribution in [0.4, 0.5) is 0 Å². The third-order valence-electron chi connectivity index (χ3n) is 3.06. The molecule has 0 saturated heterocycles. The van der Waals surface area contributed by atoms with Crippen LogP contribution in [0.3, 0.4) is 0 Å². The molecule has 3 nitrogen and oxygen atoms in total. The van der Waals surface area contributed by atoms with E-state index in [1.54, 1.807) is 24.3 Å². The van der Waals surface area contributed by atoms with Gasteiger partial charge in [-0.15, -0.1) is 0 Å². The second-order valence-electron chi connectivity index (χ2n) is 5.02. The largest absolute Gasteiger partial charge is 0.297 e. The number of hydrogen-bond donors (Lipinski definition) is 0. The van der Waals surface area contributed by atoms with Gasteiger partial charge in [-0.2, -0.15) is 8.42 Å². The number of benzene rings is 1. The fraction of sp³-hybridized carbons (Fsp3) is 0.600. The van der Waals surface area contributed by atoms with E-state index in [1.807, 2.05) is 13.8 Å². The lowest BCUT2D eigenvalue weighted by atomic mass is 10.1. The van der Waals surface area contributed by atoms with Crippen molar-refractivity contribution in [2.24, 2.45) is 0 Å². The Labute approximate surface area is 117 Å². The summed E-state index contributed by atoms with van der Waals surface area (Å²) in [5.74, 6) is 0. The molecule has 0 aliphatic rings. The van der Waals surface area contributed by atoms with Crippen LogP contribution in [0.15, 0.2) is 29.2 Å². The summed E-state index contributed by atoms with van der Waals surface area (Å²) in [6.45, 7) is 5.90. The Morgan fingerprint density at radius 1 is 1.21 bits per heavy atom. The summed E-state index contributed by atoms with van der Waals surface area (Å²) in [5, 5.41) is 0. The van der Waals surface area contributed by atoms with Crippen LogP contribution in [-0.4, -0.2) is 14.5 Å². The van der Waals surface area contributed by atoms with Crippen LogP contribution in [0, 0.1) is 6.92 Å². The molecule has 0 saturated carbocycles. The minimum absolute atomic E-state index is 0.235. The Kier molecular flexibility index (Phi) is 6.52. The minimum Gasteiger partial charge on any atom is -0.263 e. The fourth-order valence-corrected chi connectivity index (χ4v) is 2.99. The summed E-state index contributed by atoms with van der Waals surface area (Å²) >= 11 is 0. The Morgan fingerprint density at radius 3 is 2.42 bits per heavy atom. The van der Waals surface area contributed by atoms with Crippen molar-refractivity contribution >= 4 is 10.1 Å². The highest BCUT2D eigenvalue weighted by Gasteiger charge is 2.18. The Morgan fingerprint density at radius 2 is 1.84 bits per heavy atom. The van der Waals surface area contributed by atoms with Crippen LogP contribution in [0.1, 0.15) is 51.5 Å². The van der Waals surface area contributed by atoms with Crippen molar-refractivity contribution in [3.05, 3.63) is 29.8 Å². The number of aryl methyl sites for hydroxylation is 1. The molecule has 1 unspecified atom stereocenters. The normalized spacial score (nSPS) is 15.9. The van der Waals surface area contributed by atoms with E-state index in [0.717, 1.165) is 24.8 Å². The molecule has 0 N–H and O–H groups in total. The lowest BCUT2D eigenvalue weighted by Crippen LogP contribution is -2.15. The summed E-state index contributed by atoms with van der Waals surface area (Å²) in [6, 6.07) is 6.74. The molecule has 0 fully saturated rings. The zero-order valence-electron chi connectivity index (χ0n) is 12.1. The maximum atomic E-state index is 12.0. The lowest BCUT2D eigenvalue weighted by molar-refractivity contribution is 0.213. The van der Waals surface area contributed by atoms with E-state index in [2.05, 4.69) is 6.92 Å². The van der Waals surface area contributed by atoms with Crippen LogP contribution >= 0.6 is 0 Å². The molecule has 0 aromatic heterocycles. The third-order valence-corrected chi connectivity index (χ3v) is 4.50. The topological polar surface area (TPSA) is 43.4 Å². The molecule has 0 spiro atoms. The van der Waals surface area contributed by atoms with Crippen LogP contribution < -0.4 is 0 Å². The van der Waals surface area contributed by atoms with E-state index in [1.165, 1.54) is 12.8 Å². The van der Waals surface area contributed by atoms with Crippen molar-refractivity contribution in [1.82, 2.24) is 0 Å². The van der Waals surface area contributed by atoms with Gasteiger partial charge in [0, 0.05) is 0 Å². The van der Waals surface area contributed by atoms with Crippen LogP contribution in [0.5, 0.6) is 0 Å². The smallest absolute Gasteiger partial charge is 0.263 e. The van der Waals surface area contributed by atoms with E-state index < -0.39 is 10.1 Å². The third kappa shape index (κ3) is 5.74. The zero-order chi connectivity index (χ0) is 14.3. The van der Waals surface area contributed by atoms with E-state index in [-0.39, 0.29) is 11.0 Å². The van der Waals surface area contributed by atoms with Gasteiger partial charge in [0.25, 0.3) is 10.1 Å². The maximum Gasteiger partial charge on any atom is 0.297 e. The molecule has 0 radical (unpaired) electrons. The predicted molar refractivity (Wildman–Crippen MR) is 77.7 cm³/mol. The van der Waals surface area contributed by atoms with Crippen molar-refractivity contribution < 1.29 is 12.6 Å².